The third kappa shape index (κ3) is 11.6. The molecule has 0 N–H and O–H groups in total. The molecular formula is C21H34O6. The van der Waals surface area contributed by atoms with Crippen LogP contribution in [0.25, 0.3) is 0 Å². The van der Waals surface area contributed by atoms with Crippen LogP contribution in [0.4, 0.5) is 0 Å². The number of ketones is 2. The van der Waals surface area contributed by atoms with Gasteiger partial charge in [0.1, 0.15) is 23.8 Å². The number of cyclic esters (lactones) is 1. The van der Waals surface area contributed by atoms with Crippen molar-refractivity contribution < 1.29 is 28.7 Å². The first-order valence-corrected chi connectivity index (χ1v) is 10.3. The van der Waals surface area contributed by atoms with Gasteiger partial charge in [0.05, 0.1) is 0 Å². The molecule has 2 atom stereocenters. The van der Waals surface area contributed by atoms with Gasteiger partial charge in [-0.25, -0.2) is 0 Å². The van der Waals surface area contributed by atoms with E-state index in [0.29, 0.717) is 51.4 Å². The lowest BCUT2D eigenvalue weighted by Gasteiger charge is -2.21. The minimum absolute atomic E-state index is 0.0282. The fraction of sp³-hybridized carbons (Fsp3) is 0.810. The number of hydrogen-bond acceptors (Lipinski definition) is 6. The molecule has 0 amide bonds. The number of ether oxygens (including phenoxy) is 2. The second-order valence-electron chi connectivity index (χ2n) is 7.36. The zero-order valence-electron chi connectivity index (χ0n) is 16.8. The molecule has 1 aliphatic rings. The van der Waals surface area contributed by atoms with E-state index in [2.05, 4.69) is 0 Å². The molecule has 0 aromatic carbocycles. The predicted octanol–water partition coefficient (Wildman–Crippen LogP) is 4.07. The Bertz CT molecular complexity index is 477. The summed E-state index contributed by atoms with van der Waals surface area (Å²) in [6.07, 6.45) is 8.19. The highest BCUT2D eigenvalue weighted by Gasteiger charge is 2.20. The van der Waals surface area contributed by atoms with Crippen LogP contribution < -0.4 is 0 Å². The standard InChI is InChI=1S/C21H34O6/c1-3-19(26-16(2)22)12-5-10-17(23)8-4-9-18(24)11-6-13-20-14-7-15-21(25)27-20/h19-20H,3-15H2,1-2H3. The Morgan fingerprint density at radius 3 is 2.30 bits per heavy atom. The van der Waals surface area contributed by atoms with E-state index in [-0.39, 0.29) is 35.7 Å². The van der Waals surface area contributed by atoms with Gasteiger partial charge in [-0.1, -0.05) is 6.92 Å². The molecule has 1 fully saturated rings. The largest absolute Gasteiger partial charge is 0.463 e. The lowest BCUT2D eigenvalue weighted by Crippen LogP contribution is -2.23. The van der Waals surface area contributed by atoms with Gasteiger partial charge in [-0.3, -0.25) is 19.2 Å². The molecule has 6 nitrogen and oxygen atoms in total. The summed E-state index contributed by atoms with van der Waals surface area (Å²) >= 11 is 0. The molecule has 0 aromatic rings. The van der Waals surface area contributed by atoms with Gasteiger partial charge in [0.2, 0.25) is 0 Å². The molecule has 2 unspecified atom stereocenters. The van der Waals surface area contributed by atoms with E-state index in [0.717, 1.165) is 32.1 Å². The lowest BCUT2D eigenvalue weighted by atomic mass is 10.00. The van der Waals surface area contributed by atoms with E-state index < -0.39 is 0 Å². The summed E-state index contributed by atoms with van der Waals surface area (Å²) in [5, 5.41) is 0. The maximum Gasteiger partial charge on any atom is 0.306 e. The average Bonchev–Trinajstić information content (AvgIpc) is 2.60. The van der Waals surface area contributed by atoms with Crippen molar-refractivity contribution >= 4 is 23.5 Å². The van der Waals surface area contributed by atoms with Gasteiger partial charge >= 0.3 is 11.9 Å². The van der Waals surface area contributed by atoms with Crippen LogP contribution >= 0.6 is 0 Å². The predicted molar refractivity (Wildman–Crippen MR) is 101 cm³/mol. The zero-order chi connectivity index (χ0) is 20.1. The van der Waals surface area contributed by atoms with E-state index in [1.165, 1.54) is 6.92 Å². The van der Waals surface area contributed by atoms with Crippen molar-refractivity contribution in [1.29, 1.82) is 0 Å². The van der Waals surface area contributed by atoms with Gasteiger partial charge in [-0.2, -0.15) is 0 Å². The summed E-state index contributed by atoms with van der Waals surface area (Å²) in [5.74, 6) is -0.0806. The Morgan fingerprint density at radius 1 is 1.07 bits per heavy atom. The highest BCUT2D eigenvalue weighted by atomic mass is 16.5. The van der Waals surface area contributed by atoms with Crippen LogP contribution in [0.5, 0.6) is 0 Å². The number of rotatable bonds is 14. The van der Waals surface area contributed by atoms with Crippen molar-refractivity contribution in [1.82, 2.24) is 0 Å². The summed E-state index contributed by atoms with van der Waals surface area (Å²) in [4.78, 5) is 46.0. The lowest BCUT2D eigenvalue weighted by molar-refractivity contribution is -0.154. The molecule has 0 spiro atoms. The first-order chi connectivity index (χ1) is 12.9. The van der Waals surface area contributed by atoms with Crippen molar-refractivity contribution in [2.75, 3.05) is 0 Å². The van der Waals surface area contributed by atoms with Crippen LogP contribution in [0.2, 0.25) is 0 Å². The zero-order valence-corrected chi connectivity index (χ0v) is 16.8. The molecule has 0 saturated carbocycles. The summed E-state index contributed by atoms with van der Waals surface area (Å²) in [7, 11) is 0. The maximum atomic E-state index is 11.9. The van der Waals surface area contributed by atoms with Crippen molar-refractivity contribution in [3.63, 3.8) is 0 Å². The van der Waals surface area contributed by atoms with E-state index in [1.807, 2.05) is 6.92 Å². The molecule has 0 radical (unpaired) electrons. The molecular weight excluding hydrogens is 348 g/mol. The Balaban J connectivity index is 2.03. The average molecular weight is 382 g/mol. The molecule has 27 heavy (non-hydrogen) atoms. The SMILES string of the molecule is CCC(CCCC(=O)CCCC(=O)CCCC1CCCC(=O)O1)OC(C)=O. The summed E-state index contributed by atoms with van der Waals surface area (Å²) < 4.78 is 10.4. The van der Waals surface area contributed by atoms with Crippen LogP contribution in [0.15, 0.2) is 0 Å². The second kappa shape index (κ2) is 13.4. The Labute approximate surface area is 162 Å². The first-order valence-electron chi connectivity index (χ1n) is 10.3. The molecule has 0 bridgehead atoms. The normalized spacial score (nSPS) is 17.9. The van der Waals surface area contributed by atoms with Crippen LogP contribution in [-0.4, -0.2) is 35.7 Å². The molecule has 154 valence electrons. The van der Waals surface area contributed by atoms with Crippen LogP contribution in [0.3, 0.4) is 0 Å². The van der Waals surface area contributed by atoms with E-state index >= 15 is 0 Å². The third-order valence-electron chi connectivity index (χ3n) is 4.87. The van der Waals surface area contributed by atoms with Crippen molar-refractivity contribution in [2.24, 2.45) is 0 Å². The fourth-order valence-corrected chi connectivity index (χ4v) is 3.35. The number of carbonyl (C=O) groups is 4. The van der Waals surface area contributed by atoms with Crippen LogP contribution in [0, 0.1) is 0 Å². The number of carbonyl (C=O) groups excluding carboxylic acids is 4. The van der Waals surface area contributed by atoms with Crippen molar-refractivity contribution in [2.45, 2.75) is 110 Å². The van der Waals surface area contributed by atoms with E-state index in [4.69, 9.17) is 9.47 Å². The summed E-state index contributed by atoms with van der Waals surface area (Å²) in [6.45, 7) is 3.35. The summed E-state index contributed by atoms with van der Waals surface area (Å²) in [5.41, 5.74) is 0. The minimum atomic E-state index is -0.284. The van der Waals surface area contributed by atoms with Gasteiger partial charge in [0.25, 0.3) is 0 Å². The maximum absolute atomic E-state index is 11.9. The molecule has 1 rings (SSSR count). The van der Waals surface area contributed by atoms with Gasteiger partial charge in [-0.15, -0.1) is 0 Å². The van der Waals surface area contributed by atoms with E-state index in [9.17, 15) is 19.2 Å². The highest BCUT2D eigenvalue weighted by molar-refractivity contribution is 5.81. The molecule has 0 aliphatic carbocycles. The monoisotopic (exact) mass is 382 g/mol. The van der Waals surface area contributed by atoms with Gasteiger partial charge < -0.3 is 9.47 Å². The topological polar surface area (TPSA) is 86.7 Å². The van der Waals surface area contributed by atoms with Gasteiger partial charge in [-0.05, 0) is 51.4 Å². The second-order valence-corrected chi connectivity index (χ2v) is 7.36. The van der Waals surface area contributed by atoms with Gasteiger partial charge in [0.15, 0.2) is 0 Å². The van der Waals surface area contributed by atoms with Crippen molar-refractivity contribution in [3.05, 3.63) is 0 Å². The highest BCUT2D eigenvalue weighted by Crippen LogP contribution is 2.19. The first kappa shape index (κ1) is 23.3. The number of hydrogen-bond donors (Lipinski definition) is 0. The van der Waals surface area contributed by atoms with Crippen LogP contribution in [0.1, 0.15) is 97.3 Å². The molecule has 6 heteroatoms. The quantitative estimate of drug-likeness (QED) is 0.421. The number of Topliss-reactive ketones (excluding diaryl/α,β-unsaturated/α-hetero) is 2. The Hall–Kier alpha value is -1.72. The van der Waals surface area contributed by atoms with Gasteiger partial charge in [0, 0.05) is 39.0 Å². The Kier molecular flexibility index (Phi) is 11.6. The Morgan fingerprint density at radius 2 is 1.70 bits per heavy atom. The third-order valence-corrected chi connectivity index (χ3v) is 4.87. The molecule has 0 aromatic heterocycles. The molecule has 1 aliphatic heterocycles. The fourth-order valence-electron chi connectivity index (χ4n) is 3.35. The minimum Gasteiger partial charge on any atom is -0.463 e. The molecule has 1 saturated heterocycles. The summed E-state index contributed by atoms with van der Waals surface area (Å²) in [6, 6.07) is 0. The molecule has 1 heterocycles. The number of esters is 2. The van der Waals surface area contributed by atoms with Crippen LogP contribution in [-0.2, 0) is 28.7 Å². The smallest absolute Gasteiger partial charge is 0.306 e. The van der Waals surface area contributed by atoms with E-state index in [1.54, 1.807) is 0 Å². The van der Waals surface area contributed by atoms with Crippen molar-refractivity contribution in [3.8, 4) is 0 Å².